The van der Waals surface area contributed by atoms with Gasteiger partial charge in [-0.05, 0) is 23.8 Å². The molecule has 0 unspecified atom stereocenters. The van der Waals surface area contributed by atoms with Crippen LogP contribution in [0.1, 0.15) is 11.1 Å². The van der Waals surface area contributed by atoms with Gasteiger partial charge in [-0.3, -0.25) is 14.4 Å². The van der Waals surface area contributed by atoms with Gasteiger partial charge in [-0.1, -0.05) is 87.9 Å². The first-order chi connectivity index (χ1) is 17.0. The van der Waals surface area contributed by atoms with Gasteiger partial charge in [0, 0.05) is 15.6 Å². The number of fused-ring (bicyclic) bond motifs is 2. The molecule has 0 fully saturated rings. The summed E-state index contributed by atoms with van der Waals surface area (Å²) in [5.74, 6) is -0.281. The summed E-state index contributed by atoms with van der Waals surface area (Å²) >= 11 is 4.48. The fourth-order valence-electron chi connectivity index (χ4n) is 4.18. The second-order valence-corrected chi connectivity index (χ2v) is 9.87. The van der Waals surface area contributed by atoms with E-state index in [2.05, 4.69) is 26.0 Å². The number of amides is 1. The van der Waals surface area contributed by atoms with E-state index in [-0.39, 0.29) is 26.7 Å². The van der Waals surface area contributed by atoms with Crippen LogP contribution in [0.2, 0.25) is 0 Å². The number of aromatic nitrogens is 3. The predicted octanol–water partition coefficient (Wildman–Crippen LogP) is 3.41. The van der Waals surface area contributed by atoms with Crippen LogP contribution in [0, 0.1) is 0 Å². The smallest absolute Gasteiger partial charge is 0.300 e. The summed E-state index contributed by atoms with van der Waals surface area (Å²) in [6.07, 6.45) is 0. The maximum atomic E-state index is 13.7. The summed E-state index contributed by atoms with van der Waals surface area (Å²) in [5, 5.41) is 4.31. The number of hydrogen-bond acceptors (Lipinski definition) is 6. The number of rotatable bonds is 3. The number of carbonyl (C=O) groups is 1. The van der Waals surface area contributed by atoms with Crippen molar-refractivity contribution in [2.24, 2.45) is 0 Å². The molecule has 0 bridgehead atoms. The molecule has 1 aliphatic rings. The van der Waals surface area contributed by atoms with Crippen LogP contribution in [-0.2, 0) is 11.3 Å². The highest BCUT2D eigenvalue weighted by Gasteiger charge is 2.34. The molecule has 0 saturated heterocycles. The van der Waals surface area contributed by atoms with Crippen LogP contribution in [-0.4, -0.2) is 20.5 Å². The Kier molecular flexibility index (Phi) is 5.16. The quantitative estimate of drug-likeness (QED) is 0.349. The molecule has 3 aromatic carbocycles. The van der Waals surface area contributed by atoms with Gasteiger partial charge in [0.2, 0.25) is 4.96 Å². The lowest BCUT2D eigenvalue weighted by molar-refractivity contribution is -0.113. The highest BCUT2D eigenvalue weighted by atomic mass is 79.9. The van der Waals surface area contributed by atoms with Crippen LogP contribution in [0.4, 0.5) is 5.69 Å². The van der Waals surface area contributed by atoms with Crippen molar-refractivity contribution in [1.82, 2.24) is 14.6 Å². The van der Waals surface area contributed by atoms with Gasteiger partial charge < -0.3 is 4.90 Å². The molecule has 0 aliphatic carbocycles. The van der Waals surface area contributed by atoms with Crippen LogP contribution < -0.4 is 20.6 Å². The third-order valence-corrected chi connectivity index (χ3v) is 7.32. The van der Waals surface area contributed by atoms with Gasteiger partial charge in [-0.25, -0.2) is 0 Å². The van der Waals surface area contributed by atoms with E-state index < -0.39 is 11.1 Å². The zero-order valence-electron chi connectivity index (χ0n) is 18.0. The predicted molar refractivity (Wildman–Crippen MR) is 138 cm³/mol. The Labute approximate surface area is 210 Å². The zero-order chi connectivity index (χ0) is 24.1. The van der Waals surface area contributed by atoms with Gasteiger partial charge in [0.05, 0.1) is 17.8 Å². The van der Waals surface area contributed by atoms with Crippen molar-refractivity contribution in [3.8, 4) is 11.3 Å². The van der Waals surface area contributed by atoms with E-state index in [1.54, 1.807) is 29.2 Å². The summed E-state index contributed by atoms with van der Waals surface area (Å²) < 4.78 is 2.10. The van der Waals surface area contributed by atoms with Crippen LogP contribution in [0.5, 0.6) is 0 Å². The molecule has 35 heavy (non-hydrogen) atoms. The molecular formula is C26H15BrN4O3S. The molecule has 0 spiro atoms. The lowest BCUT2D eigenvalue weighted by Gasteiger charge is -2.17. The molecule has 2 aromatic heterocycles. The van der Waals surface area contributed by atoms with Gasteiger partial charge in [-0.2, -0.15) is 14.6 Å². The first-order valence-electron chi connectivity index (χ1n) is 10.7. The fraction of sp³-hybridized carbons (Fsp3) is 0.0385. The molecule has 7 nitrogen and oxygen atoms in total. The van der Waals surface area contributed by atoms with Crippen LogP contribution >= 0.6 is 27.3 Å². The second kappa shape index (κ2) is 8.37. The third-order valence-electron chi connectivity index (χ3n) is 5.80. The summed E-state index contributed by atoms with van der Waals surface area (Å²) in [7, 11) is 0. The number of hydrogen-bond donors (Lipinski definition) is 0. The van der Waals surface area contributed by atoms with Crippen molar-refractivity contribution in [1.29, 1.82) is 0 Å². The summed E-state index contributed by atoms with van der Waals surface area (Å²) in [4.78, 5) is 45.8. The molecule has 0 atom stereocenters. The lowest BCUT2D eigenvalue weighted by Crippen LogP contribution is -2.32. The standard InChI is InChI=1S/C26H15BrN4O3S/c27-17-11-12-19-18(13-17)20(24(33)30(19)14-15-7-3-1-4-8-15)22-25(34)31-26(35-22)28-23(32)21(29-31)16-9-5-2-6-10-16/h1-13H,14H2. The molecule has 6 rings (SSSR count). The first-order valence-corrected chi connectivity index (χ1v) is 12.3. The van der Waals surface area contributed by atoms with Crippen molar-refractivity contribution in [2.75, 3.05) is 4.90 Å². The topological polar surface area (TPSA) is 84.6 Å². The Bertz CT molecular complexity index is 1800. The number of halogens is 1. The maximum absolute atomic E-state index is 13.7. The minimum atomic E-state index is -0.527. The van der Waals surface area contributed by atoms with E-state index >= 15 is 0 Å². The van der Waals surface area contributed by atoms with Crippen LogP contribution in [0.3, 0.4) is 0 Å². The third kappa shape index (κ3) is 3.60. The van der Waals surface area contributed by atoms with Gasteiger partial charge in [0.1, 0.15) is 4.53 Å². The van der Waals surface area contributed by atoms with Crippen molar-refractivity contribution >= 4 is 49.4 Å². The summed E-state index contributed by atoms with van der Waals surface area (Å²) in [6.45, 7) is 0.364. The number of carbonyl (C=O) groups excluding carboxylic acids is 1. The van der Waals surface area contributed by atoms with E-state index in [1.807, 2.05) is 54.6 Å². The average molecular weight is 543 g/mol. The molecule has 0 saturated carbocycles. The van der Waals surface area contributed by atoms with Crippen molar-refractivity contribution in [2.45, 2.75) is 6.54 Å². The van der Waals surface area contributed by atoms with Gasteiger partial charge in [-0.15, -0.1) is 0 Å². The molecule has 3 heterocycles. The van der Waals surface area contributed by atoms with E-state index in [9.17, 15) is 14.4 Å². The molecule has 170 valence electrons. The van der Waals surface area contributed by atoms with Crippen LogP contribution in [0.25, 0.3) is 21.8 Å². The zero-order valence-corrected chi connectivity index (χ0v) is 20.4. The van der Waals surface area contributed by atoms with Crippen molar-refractivity contribution in [3.05, 3.63) is 120 Å². The van der Waals surface area contributed by atoms with Gasteiger partial charge >= 0.3 is 5.56 Å². The van der Waals surface area contributed by atoms with Gasteiger partial charge in [0.15, 0.2) is 5.69 Å². The monoisotopic (exact) mass is 542 g/mol. The Morgan fingerprint density at radius 2 is 1.60 bits per heavy atom. The molecule has 0 N–H and O–H groups in total. The Morgan fingerprint density at radius 3 is 2.34 bits per heavy atom. The summed E-state index contributed by atoms with van der Waals surface area (Å²) in [6, 6.07) is 24.1. The van der Waals surface area contributed by atoms with E-state index in [0.29, 0.717) is 23.4 Å². The molecule has 9 heteroatoms. The molecule has 0 radical (unpaired) electrons. The average Bonchev–Trinajstić information content (AvgIpc) is 3.32. The maximum Gasteiger partial charge on any atom is 0.300 e. The van der Waals surface area contributed by atoms with Crippen molar-refractivity contribution < 1.29 is 4.79 Å². The molecule has 1 amide bonds. The van der Waals surface area contributed by atoms with Gasteiger partial charge in [0.25, 0.3) is 11.5 Å². The fourth-order valence-corrected chi connectivity index (χ4v) is 5.54. The normalized spacial score (nSPS) is 14.5. The number of benzene rings is 3. The SMILES string of the molecule is O=C1C(=c2sc3nc(=O)c(-c4ccccc4)nn3c2=O)c2cc(Br)ccc2N1Cc1ccccc1. The highest BCUT2D eigenvalue weighted by Crippen LogP contribution is 2.38. The second-order valence-electron chi connectivity index (χ2n) is 7.98. The lowest BCUT2D eigenvalue weighted by atomic mass is 10.1. The van der Waals surface area contributed by atoms with E-state index in [0.717, 1.165) is 25.9 Å². The van der Waals surface area contributed by atoms with E-state index in [4.69, 9.17) is 0 Å². The molecular weight excluding hydrogens is 528 g/mol. The Balaban J connectivity index is 1.59. The minimum absolute atomic E-state index is 0.0844. The summed E-state index contributed by atoms with van der Waals surface area (Å²) in [5.41, 5.74) is 2.26. The first kappa shape index (κ1) is 21.6. The number of anilines is 1. The van der Waals surface area contributed by atoms with Crippen molar-refractivity contribution in [3.63, 3.8) is 0 Å². The minimum Gasteiger partial charge on any atom is -0.303 e. The number of thiazole rings is 1. The van der Waals surface area contributed by atoms with Crippen LogP contribution in [0.15, 0.2) is 92.9 Å². The highest BCUT2D eigenvalue weighted by molar-refractivity contribution is 9.10. The Morgan fingerprint density at radius 1 is 0.886 bits per heavy atom. The largest absolute Gasteiger partial charge is 0.303 e. The Hall–Kier alpha value is -3.95. The molecule has 5 aromatic rings. The molecule has 1 aliphatic heterocycles. The number of nitrogens with zero attached hydrogens (tertiary/aromatic N) is 4. The van der Waals surface area contributed by atoms with E-state index in [1.165, 1.54) is 0 Å².